The van der Waals surface area contributed by atoms with Crippen LogP contribution in [0.2, 0.25) is 0 Å². The molecule has 1 saturated carbocycles. The second kappa shape index (κ2) is 4.66. The molecule has 4 heteroatoms. The summed E-state index contributed by atoms with van der Waals surface area (Å²) < 4.78 is 0. The minimum absolute atomic E-state index is 0.00231. The minimum Gasteiger partial charge on any atom is -0.316 e. The van der Waals surface area contributed by atoms with Crippen molar-refractivity contribution in [3.8, 4) is 0 Å². The van der Waals surface area contributed by atoms with E-state index in [9.17, 15) is 0 Å². The summed E-state index contributed by atoms with van der Waals surface area (Å²) in [6, 6.07) is 0.00463. The Bertz CT molecular complexity index is 98.6. The largest absolute Gasteiger partial charge is 0.316 e. The number of rotatable bonds is 2. The maximum Gasteiger partial charge on any atom is 0.0495 e. The van der Waals surface area contributed by atoms with Gasteiger partial charge >= 0.3 is 0 Å². The van der Waals surface area contributed by atoms with Gasteiger partial charge in [-0.2, -0.15) is 0 Å². The van der Waals surface area contributed by atoms with E-state index in [2.05, 4.69) is 11.0 Å². The Morgan fingerprint density at radius 1 is 0.818 bits per heavy atom. The Morgan fingerprint density at radius 2 is 1.27 bits per heavy atom. The van der Waals surface area contributed by atoms with Crippen LogP contribution < -0.4 is 11.0 Å². The average molecular weight is 160 g/mol. The lowest BCUT2D eigenvalue weighted by molar-refractivity contribution is 0.0483. The van der Waals surface area contributed by atoms with Crippen molar-refractivity contribution in [1.82, 2.24) is 11.0 Å². The summed E-state index contributed by atoms with van der Waals surface area (Å²) in [4.78, 5) is 0. The summed E-state index contributed by atoms with van der Waals surface area (Å²) in [6.07, 6.45) is 5.28. The van der Waals surface area contributed by atoms with Gasteiger partial charge < -0.3 is 10.4 Å². The van der Waals surface area contributed by atoms with Gasteiger partial charge in [-0.25, -0.2) is 11.0 Å². The summed E-state index contributed by atoms with van der Waals surface area (Å²) in [6.45, 7) is 0. The summed E-state index contributed by atoms with van der Waals surface area (Å²) in [7, 11) is 0. The average Bonchev–Trinajstić information content (AvgIpc) is 2.27. The van der Waals surface area contributed by atoms with Crippen LogP contribution in [0, 0.1) is 0 Å². The van der Waals surface area contributed by atoms with Gasteiger partial charge in [0.15, 0.2) is 0 Å². The van der Waals surface area contributed by atoms with E-state index in [4.69, 9.17) is 10.4 Å². The first kappa shape index (κ1) is 8.93. The van der Waals surface area contributed by atoms with Crippen LogP contribution in [0.15, 0.2) is 0 Å². The van der Waals surface area contributed by atoms with Crippen molar-refractivity contribution in [3.63, 3.8) is 0 Å². The Balaban J connectivity index is 2.41. The minimum atomic E-state index is 0.00231. The van der Waals surface area contributed by atoms with Gasteiger partial charge in [0.05, 0.1) is 0 Å². The second-order valence-electron chi connectivity index (χ2n) is 3.11. The highest BCUT2D eigenvalue weighted by Gasteiger charge is 2.21. The van der Waals surface area contributed by atoms with Crippen LogP contribution in [0.1, 0.15) is 32.1 Å². The SMILES string of the molecule is ON[C@H]1CCCCC[C@H]1NO. The predicted octanol–water partition coefficient (Wildman–Crippen LogP) is 0.645. The predicted molar refractivity (Wildman–Crippen MR) is 40.5 cm³/mol. The van der Waals surface area contributed by atoms with Crippen LogP contribution in [-0.4, -0.2) is 22.5 Å². The molecule has 1 aliphatic carbocycles. The molecule has 11 heavy (non-hydrogen) atoms. The molecule has 0 aromatic rings. The van der Waals surface area contributed by atoms with E-state index in [1.165, 1.54) is 6.42 Å². The van der Waals surface area contributed by atoms with Crippen LogP contribution >= 0.6 is 0 Å². The van der Waals surface area contributed by atoms with Crippen molar-refractivity contribution >= 4 is 0 Å². The van der Waals surface area contributed by atoms with Crippen LogP contribution in [0.4, 0.5) is 0 Å². The van der Waals surface area contributed by atoms with Gasteiger partial charge in [0.2, 0.25) is 0 Å². The third kappa shape index (κ3) is 2.41. The molecule has 0 heterocycles. The zero-order valence-corrected chi connectivity index (χ0v) is 6.58. The van der Waals surface area contributed by atoms with Crippen molar-refractivity contribution in [2.75, 3.05) is 0 Å². The fraction of sp³-hybridized carbons (Fsp3) is 1.00. The number of nitrogens with one attached hydrogen (secondary N) is 2. The fourth-order valence-electron chi connectivity index (χ4n) is 1.62. The van der Waals surface area contributed by atoms with Crippen LogP contribution in [-0.2, 0) is 0 Å². The summed E-state index contributed by atoms with van der Waals surface area (Å²) >= 11 is 0. The van der Waals surface area contributed by atoms with Gasteiger partial charge in [0.25, 0.3) is 0 Å². The van der Waals surface area contributed by atoms with Gasteiger partial charge in [-0.1, -0.05) is 19.3 Å². The molecule has 0 saturated heterocycles. The first-order chi connectivity index (χ1) is 5.38. The van der Waals surface area contributed by atoms with Crippen molar-refractivity contribution in [1.29, 1.82) is 0 Å². The Labute approximate surface area is 66.5 Å². The van der Waals surface area contributed by atoms with Gasteiger partial charge in [0.1, 0.15) is 0 Å². The zero-order valence-electron chi connectivity index (χ0n) is 6.58. The summed E-state index contributed by atoms with van der Waals surface area (Å²) in [5.74, 6) is 0. The smallest absolute Gasteiger partial charge is 0.0495 e. The van der Waals surface area contributed by atoms with E-state index < -0.39 is 0 Å². The molecule has 0 bridgehead atoms. The van der Waals surface area contributed by atoms with E-state index in [1.54, 1.807) is 0 Å². The Hall–Kier alpha value is -0.160. The number of hydrogen-bond donors (Lipinski definition) is 4. The molecule has 1 aliphatic rings. The van der Waals surface area contributed by atoms with Crippen LogP contribution in [0.5, 0.6) is 0 Å². The quantitative estimate of drug-likeness (QED) is 0.354. The maximum atomic E-state index is 8.72. The molecule has 0 radical (unpaired) electrons. The van der Waals surface area contributed by atoms with Gasteiger partial charge in [-0.05, 0) is 12.8 Å². The normalized spacial score (nSPS) is 33.3. The molecule has 1 fully saturated rings. The van der Waals surface area contributed by atoms with E-state index in [-0.39, 0.29) is 12.1 Å². The molecule has 0 aromatic heterocycles. The van der Waals surface area contributed by atoms with Gasteiger partial charge in [0, 0.05) is 12.1 Å². The highest BCUT2D eigenvalue weighted by Crippen LogP contribution is 2.17. The molecule has 0 aliphatic heterocycles. The van der Waals surface area contributed by atoms with Gasteiger partial charge in [-0.15, -0.1) is 0 Å². The fourth-order valence-corrected chi connectivity index (χ4v) is 1.62. The first-order valence-electron chi connectivity index (χ1n) is 4.17. The van der Waals surface area contributed by atoms with E-state index in [1.807, 2.05) is 0 Å². The van der Waals surface area contributed by atoms with Crippen LogP contribution in [0.25, 0.3) is 0 Å². The molecule has 0 aromatic carbocycles. The second-order valence-corrected chi connectivity index (χ2v) is 3.11. The summed E-state index contributed by atoms with van der Waals surface area (Å²) in [5, 5.41) is 17.4. The molecule has 0 amide bonds. The molecule has 4 nitrogen and oxygen atoms in total. The van der Waals surface area contributed by atoms with Crippen molar-refractivity contribution in [3.05, 3.63) is 0 Å². The van der Waals surface area contributed by atoms with Crippen molar-refractivity contribution in [2.24, 2.45) is 0 Å². The standard InChI is InChI=1S/C7H16N2O2/c10-8-6-4-2-1-3-5-7(6)9-11/h6-11H,1-5H2/t6-,7+. The molecule has 2 atom stereocenters. The molecule has 66 valence electrons. The lowest BCUT2D eigenvalue weighted by atomic mass is 10.1. The lowest BCUT2D eigenvalue weighted by Crippen LogP contribution is -2.44. The van der Waals surface area contributed by atoms with Crippen molar-refractivity contribution in [2.45, 2.75) is 44.2 Å². The third-order valence-corrected chi connectivity index (χ3v) is 2.35. The van der Waals surface area contributed by atoms with E-state index in [0.717, 1.165) is 25.7 Å². The molecular weight excluding hydrogens is 144 g/mol. The Kier molecular flexibility index (Phi) is 3.79. The highest BCUT2D eigenvalue weighted by atomic mass is 16.5. The van der Waals surface area contributed by atoms with Crippen LogP contribution in [0.3, 0.4) is 0 Å². The Morgan fingerprint density at radius 3 is 1.64 bits per heavy atom. The van der Waals surface area contributed by atoms with Crippen molar-refractivity contribution < 1.29 is 10.4 Å². The first-order valence-corrected chi connectivity index (χ1v) is 4.17. The number of hydrogen-bond acceptors (Lipinski definition) is 4. The zero-order chi connectivity index (χ0) is 8.10. The lowest BCUT2D eigenvalue weighted by Gasteiger charge is -2.21. The monoisotopic (exact) mass is 160 g/mol. The molecule has 4 N–H and O–H groups in total. The maximum absolute atomic E-state index is 8.72. The topological polar surface area (TPSA) is 64.5 Å². The molecule has 0 unspecified atom stereocenters. The third-order valence-electron chi connectivity index (χ3n) is 2.35. The molecule has 0 spiro atoms. The van der Waals surface area contributed by atoms with Gasteiger partial charge in [-0.3, -0.25) is 0 Å². The van der Waals surface area contributed by atoms with E-state index in [0.29, 0.717) is 0 Å². The molecular formula is C7H16N2O2. The number of hydroxylamine groups is 2. The highest BCUT2D eigenvalue weighted by molar-refractivity contribution is 4.79. The van der Waals surface area contributed by atoms with E-state index >= 15 is 0 Å². The summed E-state index contributed by atoms with van der Waals surface area (Å²) in [5.41, 5.74) is 4.44. The molecule has 1 rings (SSSR count).